The first-order valence-corrected chi connectivity index (χ1v) is 10.8. The smallest absolute Gasteiger partial charge is 0.225 e. The van der Waals surface area contributed by atoms with E-state index in [9.17, 15) is 9.18 Å². The number of hydrogen-bond donors (Lipinski definition) is 1. The van der Waals surface area contributed by atoms with Crippen molar-refractivity contribution in [1.29, 1.82) is 0 Å². The summed E-state index contributed by atoms with van der Waals surface area (Å²) in [6.45, 7) is 1.50. The number of aromatic nitrogens is 2. The van der Waals surface area contributed by atoms with Crippen LogP contribution in [-0.2, 0) is 4.79 Å². The van der Waals surface area contributed by atoms with Gasteiger partial charge in [0.25, 0.3) is 0 Å². The van der Waals surface area contributed by atoms with Crippen LogP contribution in [0.25, 0.3) is 11.1 Å². The molecule has 2 aromatic rings. The van der Waals surface area contributed by atoms with Gasteiger partial charge in [0.1, 0.15) is 5.82 Å². The summed E-state index contributed by atoms with van der Waals surface area (Å²) in [5.41, 5.74) is 1.55. The normalized spacial score (nSPS) is 20.9. The second-order valence-electron chi connectivity index (χ2n) is 8.26. The van der Waals surface area contributed by atoms with Gasteiger partial charge in [-0.15, -0.1) is 0 Å². The molecule has 2 fully saturated rings. The van der Waals surface area contributed by atoms with Gasteiger partial charge in [0.05, 0.1) is 5.92 Å². The summed E-state index contributed by atoms with van der Waals surface area (Å²) < 4.78 is 13.4. The number of hydrogen-bond acceptors (Lipinski definition) is 4. The van der Waals surface area contributed by atoms with Gasteiger partial charge in [0.2, 0.25) is 11.9 Å². The SMILES string of the molecule is O=C(NC1CCCCCC1)[C@H]1CCCN(c2ncc(-c3cccc(F)c3)cn2)C1. The Morgan fingerprint density at radius 3 is 2.48 bits per heavy atom. The van der Waals surface area contributed by atoms with E-state index in [1.807, 2.05) is 6.07 Å². The third-order valence-corrected chi connectivity index (χ3v) is 6.07. The molecule has 0 unspecified atom stereocenters. The summed E-state index contributed by atoms with van der Waals surface area (Å²) in [5, 5.41) is 3.29. The minimum atomic E-state index is -0.273. The molecule has 1 atom stereocenters. The van der Waals surface area contributed by atoms with Crippen LogP contribution in [0.1, 0.15) is 51.4 Å². The molecule has 0 radical (unpaired) electrons. The van der Waals surface area contributed by atoms with Crippen LogP contribution in [0.15, 0.2) is 36.7 Å². The van der Waals surface area contributed by atoms with E-state index in [1.165, 1.54) is 37.8 Å². The van der Waals surface area contributed by atoms with Crippen molar-refractivity contribution >= 4 is 11.9 Å². The third-order valence-electron chi connectivity index (χ3n) is 6.07. The molecular weight excluding hydrogens is 367 g/mol. The van der Waals surface area contributed by atoms with E-state index in [0.29, 0.717) is 18.5 Å². The van der Waals surface area contributed by atoms with Crippen molar-refractivity contribution in [2.75, 3.05) is 18.0 Å². The van der Waals surface area contributed by atoms with E-state index in [0.717, 1.165) is 43.4 Å². The molecule has 154 valence electrons. The number of carbonyl (C=O) groups excluding carboxylic acids is 1. The van der Waals surface area contributed by atoms with Crippen LogP contribution in [0.5, 0.6) is 0 Å². The Balaban J connectivity index is 1.38. The molecule has 0 bridgehead atoms. The maximum absolute atomic E-state index is 13.4. The minimum absolute atomic E-state index is 0.0153. The maximum Gasteiger partial charge on any atom is 0.225 e. The monoisotopic (exact) mass is 396 g/mol. The molecular formula is C23H29FN4O. The van der Waals surface area contributed by atoms with Gasteiger partial charge in [-0.3, -0.25) is 4.79 Å². The molecule has 1 aromatic heterocycles. The zero-order valence-corrected chi connectivity index (χ0v) is 16.8. The van der Waals surface area contributed by atoms with Crippen molar-refractivity contribution in [3.05, 3.63) is 42.5 Å². The van der Waals surface area contributed by atoms with Crippen LogP contribution in [0.4, 0.5) is 10.3 Å². The Hall–Kier alpha value is -2.50. The predicted molar refractivity (Wildman–Crippen MR) is 112 cm³/mol. The molecule has 0 spiro atoms. The van der Waals surface area contributed by atoms with Gasteiger partial charge in [-0.25, -0.2) is 14.4 Å². The lowest BCUT2D eigenvalue weighted by atomic mass is 9.96. The Labute approximate surface area is 171 Å². The second kappa shape index (κ2) is 9.33. The number of halogens is 1. The minimum Gasteiger partial charge on any atom is -0.353 e. The molecule has 1 saturated carbocycles. The van der Waals surface area contributed by atoms with E-state index in [4.69, 9.17) is 0 Å². The number of benzene rings is 1. The number of amides is 1. The van der Waals surface area contributed by atoms with Crippen LogP contribution >= 0.6 is 0 Å². The molecule has 5 nitrogen and oxygen atoms in total. The molecule has 29 heavy (non-hydrogen) atoms. The third kappa shape index (κ3) is 5.11. The van der Waals surface area contributed by atoms with Gasteiger partial charge >= 0.3 is 0 Å². The molecule has 1 saturated heterocycles. The molecule has 1 aliphatic carbocycles. The van der Waals surface area contributed by atoms with E-state index in [2.05, 4.69) is 20.2 Å². The van der Waals surface area contributed by atoms with Crippen molar-refractivity contribution in [3.63, 3.8) is 0 Å². The highest BCUT2D eigenvalue weighted by Gasteiger charge is 2.28. The Bertz CT molecular complexity index is 818. The average molecular weight is 397 g/mol. The summed E-state index contributed by atoms with van der Waals surface area (Å²) in [5.74, 6) is 0.527. The fourth-order valence-corrected chi connectivity index (χ4v) is 4.42. The van der Waals surface area contributed by atoms with E-state index >= 15 is 0 Å². The van der Waals surface area contributed by atoms with Gasteiger partial charge in [0.15, 0.2) is 0 Å². The molecule has 1 aliphatic heterocycles. The van der Waals surface area contributed by atoms with Crippen molar-refractivity contribution in [1.82, 2.24) is 15.3 Å². The van der Waals surface area contributed by atoms with Crippen LogP contribution in [-0.4, -0.2) is 35.0 Å². The highest BCUT2D eigenvalue weighted by molar-refractivity contribution is 5.79. The van der Waals surface area contributed by atoms with Crippen molar-refractivity contribution in [3.8, 4) is 11.1 Å². The fraction of sp³-hybridized carbons (Fsp3) is 0.522. The van der Waals surface area contributed by atoms with Crippen LogP contribution in [0.2, 0.25) is 0 Å². The molecule has 6 heteroatoms. The first kappa shape index (κ1) is 19.8. The Morgan fingerprint density at radius 1 is 1.00 bits per heavy atom. The van der Waals surface area contributed by atoms with Crippen LogP contribution < -0.4 is 10.2 Å². The molecule has 1 N–H and O–H groups in total. The van der Waals surface area contributed by atoms with Crippen molar-refractivity contribution < 1.29 is 9.18 Å². The molecule has 1 aromatic carbocycles. The lowest BCUT2D eigenvalue weighted by Crippen LogP contribution is -2.46. The molecule has 2 aliphatic rings. The summed E-state index contributed by atoms with van der Waals surface area (Å²) >= 11 is 0. The first-order valence-electron chi connectivity index (χ1n) is 10.8. The first-order chi connectivity index (χ1) is 14.2. The van der Waals surface area contributed by atoms with Gasteiger partial charge < -0.3 is 10.2 Å². The van der Waals surface area contributed by atoms with Crippen molar-refractivity contribution in [2.24, 2.45) is 5.92 Å². The largest absolute Gasteiger partial charge is 0.353 e. The Morgan fingerprint density at radius 2 is 1.76 bits per heavy atom. The van der Waals surface area contributed by atoms with Crippen molar-refractivity contribution in [2.45, 2.75) is 57.4 Å². The Kier molecular flexibility index (Phi) is 6.37. The highest BCUT2D eigenvalue weighted by Crippen LogP contribution is 2.24. The quantitative estimate of drug-likeness (QED) is 0.781. The lowest BCUT2D eigenvalue weighted by Gasteiger charge is -2.33. The summed E-state index contributed by atoms with van der Waals surface area (Å²) in [6.07, 6.45) is 12.5. The molecule has 2 heterocycles. The number of nitrogens with zero attached hydrogens (tertiary/aromatic N) is 3. The number of nitrogens with one attached hydrogen (secondary N) is 1. The number of carbonyl (C=O) groups is 1. The average Bonchev–Trinajstić information content (AvgIpc) is 3.03. The second-order valence-corrected chi connectivity index (χ2v) is 8.26. The maximum atomic E-state index is 13.4. The zero-order valence-electron chi connectivity index (χ0n) is 16.8. The standard InChI is InChI=1S/C23H29FN4O/c24-20-9-5-7-17(13-20)19-14-25-23(26-15-19)28-12-6-8-18(16-28)22(29)27-21-10-3-1-2-4-11-21/h5,7,9,13-15,18,21H,1-4,6,8,10-12,16H2,(H,27,29)/t18-/m0/s1. The van der Waals surface area contributed by atoms with E-state index in [-0.39, 0.29) is 17.6 Å². The zero-order chi connectivity index (χ0) is 20.1. The summed E-state index contributed by atoms with van der Waals surface area (Å²) in [7, 11) is 0. The topological polar surface area (TPSA) is 58.1 Å². The van der Waals surface area contributed by atoms with E-state index < -0.39 is 0 Å². The molecule has 4 rings (SSSR count). The van der Waals surface area contributed by atoms with Gasteiger partial charge in [-0.1, -0.05) is 37.8 Å². The number of rotatable bonds is 4. The summed E-state index contributed by atoms with van der Waals surface area (Å²) in [4.78, 5) is 23.9. The lowest BCUT2D eigenvalue weighted by molar-refractivity contribution is -0.126. The highest BCUT2D eigenvalue weighted by atomic mass is 19.1. The van der Waals surface area contributed by atoms with Gasteiger partial charge in [-0.2, -0.15) is 0 Å². The van der Waals surface area contributed by atoms with Crippen LogP contribution in [0.3, 0.4) is 0 Å². The number of piperidine rings is 1. The predicted octanol–water partition coefficient (Wildman–Crippen LogP) is 4.34. The molecule has 1 amide bonds. The van der Waals surface area contributed by atoms with Gasteiger partial charge in [-0.05, 0) is 43.4 Å². The number of anilines is 1. The summed E-state index contributed by atoms with van der Waals surface area (Å²) in [6, 6.07) is 6.76. The van der Waals surface area contributed by atoms with E-state index in [1.54, 1.807) is 18.5 Å². The van der Waals surface area contributed by atoms with Crippen LogP contribution in [0, 0.1) is 11.7 Å². The fourth-order valence-electron chi connectivity index (χ4n) is 4.42. The van der Waals surface area contributed by atoms with Gasteiger partial charge in [0, 0.05) is 37.1 Å².